The topological polar surface area (TPSA) is 49.6 Å². The average molecular weight is 610 g/mol. The number of rotatable bonds is 25. The second-order valence-electron chi connectivity index (χ2n) is 12.3. The van der Waals surface area contributed by atoms with Crippen molar-refractivity contribution in [2.75, 3.05) is 36.0 Å². The molecule has 44 heavy (non-hydrogen) atoms. The van der Waals surface area contributed by atoms with Gasteiger partial charge in [0.2, 0.25) is 5.82 Å². The second kappa shape index (κ2) is 22.6. The molecule has 2 aromatic rings. The number of nitro benzene ring substituents is 1. The van der Waals surface area contributed by atoms with Crippen molar-refractivity contribution in [1.29, 1.82) is 0 Å². The molecule has 0 heterocycles. The summed E-state index contributed by atoms with van der Waals surface area (Å²) in [5.74, 6) is -0.805. The zero-order valence-electron chi connectivity index (χ0n) is 28.3. The van der Waals surface area contributed by atoms with Crippen molar-refractivity contribution in [2.24, 2.45) is 0 Å². The quantitative estimate of drug-likeness (QED) is 0.0486. The normalized spacial score (nSPS) is 11.4. The number of anilines is 2. The van der Waals surface area contributed by atoms with E-state index in [2.05, 4.69) is 55.7 Å². The lowest BCUT2D eigenvalue weighted by atomic mass is 10.1. The lowest BCUT2D eigenvalue weighted by molar-refractivity contribution is -0.387. The van der Waals surface area contributed by atoms with E-state index in [-0.39, 0.29) is 0 Å². The lowest BCUT2D eigenvalue weighted by Crippen LogP contribution is -2.31. The maximum atomic E-state index is 14.3. The summed E-state index contributed by atoms with van der Waals surface area (Å²) in [4.78, 5) is 15.7. The highest BCUT2D eigenvalue weighted by molar-refractivity contribution is 5.78. The molecule has 2 aromatic carbocycles. The maximum absolute atomic E-state index is 14.3. The van der Waals surface area contributed by atoms with Crippen LogP contribution in [0.4, 0.5) is 21.5 Å². The molecule has 0 unspecified atom stereocenters. The average Bonchev–Trinajstić information content (AvgIpc) is 3.02. The Kier molecular flexibility index (Phi) is 19.2. The smallest absolute Gasteiger partial charge is 0.304 e. The van der Waals surface area contributed by atoms with Crippen LogP contribution in [0.25, 0.3) is 12.2 Å². The Morgan fingerprint density at radius 3 is 1.41 bits per heavy atom. The molecule has 0 fully saturated rings. The van der Waals surface area contributed by atoms with Crippen LogP contribution < -0.4 is 9.80 Å². The van der Waals surface area contributed by atoms with E-state index in [0.717, 1.165) is 31.7 Å². The third kappa shape index (κ3) is 13.8. The Morgan fingerprint density at radius 2 is 1.00 bits per heavy atom. The Bertz CT molecular complexity index is 1080. The fourth-order valence-electron chi connectivity index (χ4n) is 5.76. The van der Waals surface area contributed by atoms with Gasteiger partial charge in [-0.25, -0.2) is 0 Å². The zero-order valence-corrected chi connectivity index (χ0v) is 28.3. The van der Waals surface area contributed by atoms with Gasteiger partial charge in [0.1, 0.15) is 0 Å². The third-order valence-corrected chi connectivity index (χ3v) is 8.44. The van der Waals surface area contributed by atoms with Crippen molar-refractivity contribution in [1.82, 2.24) is 0 Å². The molecule has 0 aromatic heterocycles. The predicted octanol–water partition coefficient (Wildman–Crippen LogP) is 11.8. The first kappa shape index (κ1) is 37.3. The van der Waals surface area contributed by atoms with Crippen LogP contribution in [0.5, 0.6) is 0 Å². The molecular weight excluding hydrogens is 549 g/mol. The number of unbranched alkanes of at least 4 members (excludes halogenated alkanes) is 12. The molecule has 0 aliphatic heterocycles. The summed E-state index contributed by atoms with van der Waals surface area (Å²) in [7, 11) is 0. The van der Waals surface area contributed by atoms with Crippen LogP contribution in [0.1, 0.15) is 142 Å². The van der Waals surface area contributed by atoms with E-state index >= 15 is 0 Å². The first-order valence-electron chi connectivity index (χ1n) is 17.7. The minimum atomic E-state index is -0.805. The molecule has 0 saturated carbocycles. The number of hydrogen-bond donors (Lipinski definition) is 0. The van der Waals surface area contributed by atoms with E-state index in [1.807, 2.05) is 12.2 Å². The van der Waals surface area contributed by atoms with Gasteiger partial charge in [-0.3, -0.25) is 10.1 Å². The maximum Gasteiger partial charge on any atom is 0.304 e. The van der Waals surface area contributed by atoms with Crippen LogP contribution in [0.2, 0.25) is 0 Å². The van der Waals surface area contributed by atoms with Crippen LogP contribution in [0.3, 0.4) is 0 Å². The first-order valence-corrected chi connectivity index (χ1v) is 17.7. The van der Waals surface area contributed by atoms with Crippen molar-refractivity contribution < 1.29 is 9.31 Å². The minimum Gasteiger partial charge on any atom is -0.370 e. The van der Waals surface area contributed by atoms with Gasteiger partial charge in [-0.1, -0.05) is 123 Å². The largest absolute Gasteiger partial charge is 0.370 e. The van der Waals surface area contributed by atoms with Gasteiger partial charge in [-0.05, 0) is 61.1 Å². The van der Waals surface area contributed by atoms with Gasteiger partial charge in [-0.15, -0.1) is 0 Å². The SMILES string of the molecule is CCCCCCN(CCCCCC)c1ccc(C=Cc2ccc([N+](=O)[O-])c(F)c2)cc1N(CCCCCC)CCCCCC. The van der Waals surface area contributed by atoms with E-state index < -0.39 is 16.4 Å². The van der Waals surface area contributed by atoms with Crippen LogP contribution in [0, 0.1) is 15.9 Å². The predicted molar refractivity (Wildman–Crippen MR) is 189 cm³/mol. The Labute approximate surface area is 268 Å². The van der Waals surface area contributed by atoms with Crippen molar-refractivity contribution in [2.45, 2.75) is 130 Å². The van der Waals surface area contributed by atoms with Gasteiger partial charge >= 0.3 is 5.69 Å². The molecule has 0 aliphatic carbocycles. The number of nitro groups is 1. The van der Waals surface area contributed by atoms with E-state index in [1.54, 1.807) is 6.07 Å². The highest BCUT2D eigenvalue weighted by atomic mass is 19.1. The van der Waals surface area contributed by atoms with Gasteiger partial charge in [0.05, 0.1) is 16.3 Å². The third-order valence-electron chi connectivity index (χ3n) is 8.44. The molecule has 0 radical (unpaired) electrons. The summed E-state index contributed by atoms with van der Waals surface area (Å²) in [6, 6.07) is 10.9. The number of halogens is 1. The number of hydrogen-bond acceptors (Lipinski definition) is 4. The summed E-state index contributed by atoms with van der Waals surface area (Å²) in [5, 5.41) is 11.1. The van der Waals surface area contributed by atoms with Crippen LogP contribution >= 0.6 is 0 Å². The van der Waals surface area contributed by atoms with Crippen molar-refractivity contribution >= 4 is 29.2 Å². The van der Waals surface area contributed by atoms with Gasteiger partial charge in [0, 0.05) is 32.2 Å². The molecular formula is C38H60FN3O2. The zero-order chi connectivity index (χ0) is 32.0. The summed E-state index contributed by atoms with van der Waals surface area (Å²) < 4.78 is 14.3. The second-order valence-corrected chi connectivity index (χ2v) is 12.3. The highest BCUT2D eigenvalue weighted by Gasteiger charge is 2.18. The van der Waals surface area contributed by atoms with Crippen LogP contribution in [0.15, 0.2) is 36.4 Å². The summed E-state index contributed by atoms with van der Waals surface area (Å²) in [6.45, 7) is 13.3. The number of nitrogens with zero attached hydrogens (tertiary/aromatic N) is 3. The molecule has 0 aliphatic rings. The van der Waals surface area contributed by atoms with E-state index in [4.69, 9.17) is 0 Å². The Morgan fingerprint density at radius 1 is 0.591 bits per heavy atom. The van der Waals surface area contributed by atoms with Crippen molar-refractivity contribution in [3.8, 4) is 0 Å². The minimum absolute atomic E-state index is 0.492. The van der Waals surface area contributed by atoms with Crippen LogP contribution in [-0.4, -0.2) is 31.1 Å². The van der Waals surface area contributed by atoms with E-state index in [9.17, 15) is 14.5 Å². The molecule has 6 heteroatoms. The fourth-order valence-corrected chi connectivity index (χ4v) is 5.76. The molecule has 5 nitrogen and oxygen atoms in total. The van der Waals surface area contributed by atoms with Crippen LogP contribution in [-0.2, 0) is 0 Å². The van der Waals surface area contributed by atoms with E-state index in [1.165, 1.54) is 126 Å². The van der Waals surface area contributed by atoms with E-state index in [0.29, 0.717) is 5.56 Å². The highest BCUT2D eigenvalue weighted by Crippen LogP contribution is 2.33. The standard InChI is InChI=1S/C38H60FN3O2/c1-5-9-13-17-27-40(28-18-14-10-6-2)37-26-24-34(22-21-33-23-25-36(42(43)44)35(39)31-33)32-38(37)41(29-19-15-11-7-3)30-20-16-12-8-4/h21-26,31-32H,5-20,27-30H2,1-4H3. The van der Waals surface area contributed by atoms with Gasteiger partial charge < -0.3 is 9.80 Å². The fraction of sp³-hybridized carbons (Fsp3) is 0.632. The molecule has 0 atom stereocenters. The Hall–Kier alpha value is -2.89. The molecule has 0 saturated heterocycles. The summed E-state index contributed by atoms with van der Waals surface area (Å²) in [6.07, 6.45) is 23.7. The van der Waals surface area contributed by atoms with Crippen molar-refractivity contribution in [3.05, 3.63) is 63.5 Å². The molecule has 2 rings (SSSR count). The lowest BCUT2D eigenvalue weighted by Gasteiger charge is -2.33. The summed E-state index contributed by atoms with van der Waals surface area (Å²) >= 11 is 0. The molecule has 0 spiro atoms. The van der Waals surface area contributed by atoms with Crippen molar-refractivity contribution in [3.63, 3.8) is 0 Å². The molecule has 0 N–H and O–H groups in total. The molecule has 0 bridgehead atoms. The van der Waals surface area contributed by atoms with Gasteiger partial charge in [0.25, 0.3) is 0 Å². The molecule has 246 valence electrons. The van der Waals surface area contributed by atoms with Gasteiger partial charge in [-0.2, -0.15) is 4.39 Å². The summed E-state index contributed by atoms with van der Waals surface area (Å²) in [5.41, 5.74) is 3.83. The number of benzene rings is 2. The Balaban J connectivity index is 2.47. The molecule has 0 amide bonds. The monoisotopic (exact) mass is 609 g/mol. The van der Waals surface area contributed by atoms with Gasteiger partial charge in [0.15, 0.2) is 0 Å². The first-order chi connectivity index (χ1) is 21.4.